The predicted molar refractivity (Wildman–Crippen MR) is 59.2 cm³/mol. The maximum Gasteiger partial charge on any atom is 0.416 e. The van der Waals surface area contributed by atoms with E-state index in [-0.39, 0.29) is 17.5 Å². The first kappa shape index (κ1) is 15.2. The van der Waals surface area contributed by atoms with Gasteiger partial charge in [0.2, 0.25) is 0 Å². The van der Waals surface area contributed by atoms with Gasteiger partial charge in [0.1, 0.15) is 17.7 Å². The molecule has 0 radical (unpaired) electrons. The van der Waals surface area contributed by atoms with Gasteiger partial charge in [0, 0.05) is 6.92 Å². The second-order valence-electron chi connectivity index (χ2n) is 3.59. The molecule has 1 aromatic heterocycles. The van der Waals surface area contributed by atoms with Crippen LogP contribution in [0, 0.1) is 11.3 Å². The zero-order chi connectivity index (χ0) is 14.6. The molecule has 8 heteroatoms. The van der Waals surface area contributed by atoms with Crippen LogP contribution in [-0.2, 0) is 15.7 Å². The fraction of sp³-hybridized carbons (Fsp3) is 0.364. The number of hydrogen-bond donors (Lipinski definition) is 0. The van der Waals surface area contributed by atoms with Crippen molar-refractivity contribution in [1.29, 1.82) is 5.26 Å². The molecule has 0 bridgehead atoms. The van der Waals surface area contributed by atoms with Gasteiger partial charge in [-0.3, -0.25) is 4.79 Å². The van der Waals surface area contributed by atoms with Crippen LogP contribution in [0.2, 0.25) is 5.15 Å². The van der Waals surface area contributed by atoms with Crippen molar-refractivity contribution < 1.29 is 22.7 Å². The van der Waals surface area contributed by atoms with Crippen LogP contribution in [0.3, 0.4) is 0 Å². The minimum absolute atomic E-state index is 0.191. The zero-order valence-corrected chi connectivity index (χ0v) is 10.4. The van der Waals surface area contributed by atoms with Crippen LogP contribution in [-0.4, -0.2) is 17.6 Å². The lowest BCUT2D eigenvalue weighted by Crippen LogP contribution is -2.13. The fourth-order valence-electron chi connectivity index (χ4n) is 1.25. The first-order valence-corrected chi connectivity index (χ1v) is 5.39. The third kappa shape index (κ3) is 4.41. The highest BCUT2D eigenvalue weighted by atomic mass is 35.5. The highest BCUT2D eigenvalue weighted by Crippen LogP contribution is 2.32. The molecule has 1 aromatic rings. The summed E-state index contributed by atoms with van der Waals surface area (Å²) in [6, 6.07) is 3.08. The maximum absolute atomic E-state index is 12.6. The fourth-order valence-corrected chi connectivity index (χ4v) is 1.46. The van der Waals surface area contributed by atoms with Crippen molar-refractivity contribution in [1.82, 2.24) is 4.98 Å². The lowest BCUT2D eigenvalue weighted by Gasteiger charge is -2.12. The Bertz CT molecular complexity index is 526. The summed E-state index contributed by atoms with van der Waals surface area (Å²) in [4.78, 5) is 14.3. The molecule has 0 saturated heterocycles. The summed E-state index contributed by atoms with van der Waals surface area (Å²) >= 11 is 5.49. The Morgan fingerprint density at radius 2 is 2.21 bits per heavy atom. The minimum Gasteiger partial charge on any atom is -0.464 e. The summed E-state index contributed by atoms with van der Waals surface area (Å²) in [7, 11) is 0. The van der Waals surface area contributed by atoms with Crippen LogP contribution in [0.4, 0.5) is 13.2 Å². The lowest BCUT2D eigenvalue weighted by atomic mass is 10.1. The SMILES string of the molecule is CC(=O)OCC(C#N)c1cc(C(F)(F)F)cc(Cl)n1. The standard InChI is InChI=1S/C11H8ClF3N2O2/c1-6(18)19-5-7(4-16)9-2-8(11(13,14)15)3-10(12)17-9/h2-3,7H,5H2,1H3. The van der Waals surface area contributed by atoms with Crippen LogP contribution >= 0.6 is 11.6 Å². The molecular weight excluding hydrogens is 285 g/mol. The summed E-state index contributed by atoms with van der Waals surface area (Å²) in [5.74, 6) is -1.75. The van der Waals surface area contributed by atoms with E-state index in [2.05, 4.69) is 9.72 Å². The van der Waals surface area contributed by atoms with Gasteiger partial charge in [0.05, 0.1) is 17.3 Å². The van der Waals surface area contributed by atoms with E-state index in [0.717, 1.165) is 6.92 Å². The smallest absolute Gasteiger partial charge is 0.416 e. The Morgan fingerprint density at radius 1 is 1.58 bits per heavy atom. The Labute approximate surface area is 111 Å². The summed E-state index contributed by atoms with van der Waals surface area (Å²) in [6.45, 7) is 0.747. The molecule has 0 spiro atoms. The third-order valence-corrected chi connectivity index (χ3v) is 2.30. The Hall–Kier alpha value is -1.81. The van der Waals surface area contributed by atoms with Gasteiger partial charge in [-0.2, -0.15) is 18.4 Å². The summed E-state index contributed by atoms with van der Waals surface area (Å²) < 4.78 is 42.3. The van der Waals surface area contributed by atoms with E-state index in [1.807, 2.05) is 0 Å². The first-order chi connectivity index (χ1) is 8.74. The molecule has 0 fully saturated rings. The van der Waals surface area contributed by atoms with Gasteiger partial charge in [-0.15, -0.1) is 0 Å². The largest absolute Gasteiger partial charge is 0.464 e. The Morgan fingerprint density at radius 3 is 2.68 bits per heavy atom. The first-order valence-electron chi connectivity index (χ1n) is 5.01. The molecule has 0 aromatic carbocycles. The van der Waals surface area contributed by atoms with Gasteiger partial charge >= 0.3 is 12.1 Å². The van der Waals surface area contributed by atoms with Crippen LogP contribution in [0.1, 0.15) is 24.1 Å². The monoisotopic (exact) mass is 292 g/mol. The molecule has 4 nitrogen and oxygen atoms in total. The number of carbonyl (C=O) groups is 1. The topological polar surface area (TPSA) is 63.0 Å². The molecule has 0 N–H and O–H groups in total. The summed E-state index contributed by atoms with van der Waals surface area (Å²) in [5, 5.41) is 8.49. The van der Waals surface area contributed by atoms with Gasteiger partial charge < -0.3 is 4.74 Å². The average molecular weight is 293 g/mol. The van der Waals surface area contributed by atoms with E-state index in [9.17, 15) is 18.0 Å². The van der Waals surface area contributed by atoms with E-state index in [1.54, 1.807) is 6.07 Å². The number of carbonyl (C=O) groups excluding carboxylic acids is 1. The number of rotatable bonds is 3. The molecule has 1 rings (SSSR count). The van der Waals surface area contributed by atoms with Crippen LogP contribution in [0.15, 0.2) is 12.1 Å². The molecule has 102 valence electrons. The van der Waals surface area contributed by atoms with Crippen LogP contribution in [0.5, 0.6) is 0 Å². The predicted octanol–water partition coefficient (Wildman–Crippen LogP) is 2.92. The molecule has 1 unspecified atom stereocenters. The van der Waals surface area contributed by atoms with Crippen molar-refractivity contribution in [2.45, 2.75) is 19.0 Å². The highest BCUT2D eigenvalue weighted by molar-refractivity contribution is 6.29. The van der Waals surface area contributed by atoms with Gasteiger partial charge in [-0.05, 0) is 12.1 Å². The number of aromatic nitrogens is 1. The van der Waals surface area contributed by atoms with E-state index in [0.29, 0.717) is 12.1 Å². The number of hydrogen-bond acceptors (Lipinski definition) is 4. The number of pyridine rings is 1. The number of halogens is 4. The number of alkyl halides is 3. The molecule has 1 heterocycles. The van der Waals surface area contributed by atoms with Gasteiger partial charge in [-0.25, -0.2) is 4.98 Å². The van der Waals surface area contributed by atoms with Crippen molar-refractivity contribution in [2.24, 2.45) is 0 Å². The van der Waals surface area contributed by atoms with Crippen LogP contribution in [0.25, 0.3) is 0 Å². The molecular formula is C11H8ClF3N2O2. The number of nitriles is 1. The van der Waals surface area contributed by atoms with E-state index in [1.165, 1.54) is 0 Å². The Balaban J connectivity index is 3.08. The van der Waals surface area contributed by atoms with Crippen molar-refractivity contribution in [2.75, 3.05) is 6.61 Å². The number of esters is 1. The van der Waals surface area contributed by atoms with Crippen molar-refractivity contribution in [3.8, 4) is 6.07 Å². The molecule has 0 aliphatic carbocycles. The second kappa shape index (κ2) is 5.89. The average Bonchev–Trinajstić information content (AvgIpc) is 2.27. The quantitative estimate of drug-likeness (QED) is 0.635. The number of nitrogens with zero attached hydrogens (tertiary/aromatic N) is 2. The van der Waals surface area contributed by atoms with E-state index in [4.69, 9.17) is 16.9 Å². The van der Waals surface area contributed by atoms with Gasteiger partial charge in [0.15, 0.2) is 0 Å². The molecule has 0 aliphatic heterocycles. The maximum atomic E-state index is 12.6. The van der Waals surface area contributed by atoms with Crippen molar-refractivity contribution in [3.05, 3.63) is 28.5 Å². The minimum atomic E-state index is -4.59. The third-order valence-electron chi connectivity index (χ3n) is 2.11. The van der Waals surface area contributed by atoms with Gasteiger partial charge in [-0.1, -0.05) is 11.6 Å². The lowest BCUT2D eigenvalue weighted by molar-refractivity contribution is -0.141. The highest BCUT2D eigenvalue weighted by Gasteiger charge is 2.32. The molecule has 0 saturated carbocycles. The second-order valence-corrected chi connectivity index (χ2v) is 3.97. The summed E-state index contributed by atoms with van der Waals surface area (Å²) in [5.41, 5.74) is -1.20. The van der Waals surface area contributed by atoms with Crippen molar-refractivity contribution in [3.63, 3.8) is 0 Å². The van der Waals surface area contributed by atoms with E-state index >= 15 is 0 Å². The molecule has 1 atom stereocenters. The van der Waals surface area contributed by atoms with Crippen molar-refractivity contribution >= 4 is 17.6 Å². The molecule has 19 heavy (non-hydrogen) atoms. The molecule has 0 amide bonds. The normalized spacial score (nSPS) is 12.6. The van der Waals surface area contributed by atoms with Gasteiger partial charge in [0.25, 0.3) is 0 Å². The molecule has 0 aliphatic rings. The summed E-state index contributed by atoms with van der Waals surface area (Å²) in [6.07, 6.45) is -4.59. The van der Waals surface area contributed by atoms with E-state index < -0.39 is 23.6 Å². The number of ether oxygens (including phenoxy) is 1. The zero-order valence-electron chi connectivity index (χ0n) is 9.66. The Kier molecular flexibility index (Phi) is 4.72. The van der Waals surface area contributed by atoms with Crippen LogP contribution < -0.4 is 0 Å².